The molecule has 86 valence electrons. The van der Waals surface area contributed by atoms with E-state index in [0.29, 0.717) is 10.7 Å². The van der Waals surface area contributed by atoms with Crippen LogP contribution in [0.4, 0.5) is 5.69 Å². The van der Waals surface area contributed by atoms with Gasteiger partial charge in [-0.3, -0.25) is 0 Å². The van der Waals surface area contributed by atoms with Crippen LogP contribution in [0.15, 0.2) is 48.5 Å². The fourth-order valence-electron chi connectivity index (χ4n) is 1.64. The fraction of sp³-hybridized carbons (Fsp3) is 0.0714. The largest absolute Gasteiger partial charge is 0.618 e. The summed E-state index contributed by atoms with van der Waals surface area (Å²) >= 11 is 6.03. The Morgan fingerprint density at radius 1 is 1.06 bits per heavy atom. The lowest BCUT2D eigenvalue weighted by molar-refractivity contribution is -0.354. The van der Waals surface area contributed by atoms with Gasteiger partial charge in [0.05, 0.1) is 0 Å². The second-order valence-electron chi connectivity index (χ2n) is 3.77. The highest BCUT2D eigenvalue weighted by atomic mass is 35.5. The van der Waals surface area contributed by atoms with Gasteiger partial charge in [0, 0.05) is 11.1 Å². The molecule has 0 aliphatic carbocycles. The van der Waals surface area contributed by atoms with Crippen molar-refractivity contribution in [3.63, 3.8) is 0 Å². The predicted molar refractivity (Wildman–Crippen MR) is 71.1 cm³/mol. The van der Waals surface area contributed by atoms with Crippen LogP contribution in [0, 0.1) is 12.1 Å². The molecule has 0 unspecified atom stereocenters. The van der Waals surface area contributed by atoms with Crippen molar-refractivity contribution in [3.05, 3.63) is 69.9 Å². The maximum Gasteiger partial charge on any atom is 0.238 e. The summed E-state index contributed by atoms with van der Waals surface area (Å²) in [7, 11) is 0. The van der Waals surface area contributed by atoms with Crippen LogP contribution < -0.4 is 0 Å². The predicted octanol–water partition coefficient (Wildman–Crippen LogP) is 3.91. The Kier molecular flexibility index (Phi) is 3.45. The van der Waals surface area contributed by atoms with E-state index in [1.54, 1.807) is 6.07 Å². The minimum Gasteiger partial charge on any atom is -0.618 e. The van der Waals surface area contributed by atoms with Crippen molar-refractivity contribution in [1.82, 2.24) is 0 Å². The van der Waals surface area contributed by atoms with Crippen molar-refractivity contribution < 1.29 is 4.74 Å². The first-order chi connectivity index (χ1) is 8.18. The number of para-hydroxylation sites is 1. The minimum absolute atomic E-state index is 0.465. The zero-order chi connectivity index (χ0) is 12.3. The molecular weight excluding hydrogens is 234 g/mol. The standard InChI is InChI=1S/C14H12ClNO/c1-11-6-5-9-13(15)14(11)16(17)10-12-7-3-2-4-8-12/h2-10H,1H3. The molecule has 0 heterocycles. The zero-order valence-corrected chi connectivity index (χ0v) is 10.2. The van der Waals surface area contributed by atoms with Crippen LogP contribution in [-0.2, 0) is 0 Å². The van der Waals surface area contributed by atoms with Crippen LogP contribution in [0.3, 0.4) is 0 Å². The van der Waals surface area contributed by atoms with Gasteiger partial charge in [-0.2, -0.15) is 4.74 Å². The Hall–Kier alpha value is -1.80. The molecule has 0 aliphatic heterocycles. The maximum atomic E-state index is 12.0. The van der Waals surface area contributed by atoms with Gasteiger partial charge in [-0.05, 0) is 25.1 Å². The monoisotopic (exact) mass is 245 g/mol. The molecule has 0 amide bonds. The van der Waals surface area contributed by atoms with Crippen molar-refractivity contribution in [3.8, 4) is 0 Å². The first-order valence-corrected chi connectivity index (χ1v) is 5.67. The summed E-state index contributed by atoms with van der Waals surface area (Å²) in [5, 5.41) is 12.5. The fourth-order valence-corrected chi connectivity index (χ4v) is 1.95. The summed E-state index contributed by atoms with van der Waals surface area (Å²) < 4.78 is 0.812. The summed E-state index contributed by atoms with van der Waals surface area (Å²) in [6.45, 7) is 1.87. The summed E-state index contributed by atoms with van der Waals surface area (Å²) in [5.41, 5.74) is 2.21. The van der Waals surface area contributed by atoms with Gasteiger partial charge in [0.2, 0.25) is 5.69 Å². The van der Waals surface area contributed by atoms with Crippen LogP contribution >= 0.6 is 11.6 Å². The van der Waals surface area contributed by atoms with Gasteiger partial charge in [0.15, 0.2) is 6.21 Å². The first-order valence-electron chi connectivity index (χ1n) is 5.30. The second kappa shape index (κ2) is 5.02. The lowest BCUT2D eigenvalue weighted by Crippen LogP contribution is -2.01. The lowest BCUT2D eigenvalue weighted by atomic mass is 10.2. The number of halogens is 1. The lowest BCUT2D eigenvalue weighted by Gasteiger charge is -2.07. The average Bonchev–Trinajstić information content (AvgIpc) is 2.30. The molecule has 0 spiro atoms. The molecule has 0 atom stereocenters. The average molecular weight is 246 g/mol. The summed E-state index contributed by atoms with van der Waals surface area (Å²) in [4.78, 5) is 0. The molecule has 0 radical (unpaired) electrons. The molecule has 0 N–H and O–H groups in total. The van der Waals surface area contributed by atoms with Crippen molar-refractivity contribution in [1.29, 1.82) is 0 Å². The van der Waals surface area contributed by atoms with E-state index in [2.05, 4.69) is 0 Å². The molecule has 3 heteroatoms. The van der Waals surface area contributed by atoms with E-state index in [1.807, 2.05) is 49.4 Å². The van der Waals surface area contributed by atoms with E-state index in [4.69, 9.17) is 11.6 Å². The van der Waals surface area contributed by atoms with Crippen LogP contribution in [0.25, 0.3) is 0 Å². The van der Waals surface area contributed by atoms with Gasteiger partial charge in [-0.25, -0.2) is 0 Å². The van der Waals surface area contributed by atoms with E-state index in [-0.39, 0.29) is 0 Å². The molecule has 0 bridgehead atoms. The topological polar surface area (TPSA) is 26.1 Å². The van der Waals surface area contributed by atoms with E-state index < -0.39 is 0 Å². The van der Waals surface area contributed by atoms with Gasteiger partial charge in [-0.15, -0.1) is 0 Å². The Balaban J connectivity index is 2.44. The molecule has 0 aliphatic rings. The van der Waals surface area contributed by atoms with Crippen molar-refractivity contribution in [2.24, 2.45) is 0 Å². The Bertz CT molecular complexity index is 529. The molecule has 0 fully saturated rings. The normalized spacial score (nSPS) is 11.5. The maximum absolute atomic E-state index is 12.0. The first kappa shape index (κ1) is 11.7. The molecule has 17 heavy (non-hydrogen) atoms. The van der Waals surface area contributed by atoms with E-state index >= 15 is 0 Å². The zero-order valence-electron chi connectivity index (χ0n) is 9.43. The van der Waals surface area contributed by atoms with E-state index in [0.717, 1.165) is 15.9 Å². The summed E-state index contributed by atoms with van der Waals surface area (Å²) in [6, 6.07) is 14.8. The van der Waals surface area contributed by atoms with Crippen LogP contribution in [0.5, 0.6) is 0 Å². The smallest absolute Gasteiger partial charge is 0.238 e. The van der Waals surface area contributed by atoms with Gasteiger partial charge >= 0.3 is 0 Å². The third-order valence-corrected chi connectivity index (χ3v) is 2.78. The van der Waals surface area contributed by atoms with Crippen molar-refractivity contribution in [2.75, 3.05) is 0 Å². The van der Waals surface area contributed by atoms with Crippen LogP contribution in [0.1, 0.15) is 11.1 Å². The van der Waals surface area contributed by atoms with Gasteiger partial charge < -0.3 is 5.21 Å². The Labute approximate surface area is 105 Å². The number of nitrogens with zero attached hydrogens (tertiary/aromatic N) is 1. The Morgan fingerprint density at radius 3 is 2.41 bits per heavy atom. The van der Waals surface area contributed by atoms with Crippen molar-refractivity contribution >= 4 is 23.5 Å². The summed E-state index contributed by atoms with van der Waals surface area (Å²) in [5.74, 6) is 0. The van der Waals surface area contributed by atoms with Crippen LogP contribution in [-0.4, -0.2) is 11.0 Å². The number of aryl methyl sites for hydroxylation is 1. The SMILES string of the molecule is Cc1cccc(Cl)c1[N+]([O-])=Cc1ccccc1. The molecule has 0 saturated heterocycles. The third-order valence-electron chi connectivity index (χ3n) is 2.47. The highest BCUT2D eigenvalue weighted by molar-refractivity contribution is 6.32. The number of benzene rings is 2. The molecule has 0 aromatic heterocycles. The Morgan fingerprint density at radius 2 is 1.76 bits per heavy atom. The number of hydrogen-bond acceptors (Lipinski definition) is 1. The second-order valence-corrected chi connectivity index (χ2v) is 4.18. The van der Waals surface area contributed by atoms with Gasteiger partial charge in [0.25, 0.3) is 0 Å². The molecule has 0 saturated carbocycles. The van der Waals surface area contributed by atoms with Crippen LogP contribution in [0.2, 0.25) is 5.02 Å². The molecule has 2 rings (SSSR count). The number of hydrogen-bond donors (Lipinski definition) is 0. The molecule has 2 aromatic rings. The number of rotatable bonds is 2. The third kappa shape index (κ3) is 2.66. The van der Waals surface area contributed by atoms with E-state index in [9.17, 15) is 5.21 Å². The van der Waals surface area contributed by atoms with E-state index in [1.165, 1.54) is 6.21 Å². The molecular formula is C14H12ClNO. The minimum atomic E-state index is 0.465. The van der Waals surface area contributed by atoms with Gasteiger partial charge in [0.1, 0.15) is 5.02 Å². The highest BCUT2D eigenvalue weighted by Crippen LogP contribution is 2.27. The van der Waals surface area contributed by atoms with Crippen molar-refractivity contribution in [2.45, 2.75) is 6.92 Å². The quantitative estimate of drug-likeness (QED) is 0.341. The van der Waals surface area contributed by atoms with Gasteiger partial charge in [-0.1, -0.05) is 41.9 Å². The molecule has 2 aromatic carbocycles. The summed E-state index contributed by atoms with van der Waals surface area (Å²) in [6.07, 6.45) is 1.52. The molecule has 2 nitrogen and oxygen atoms in total. The highest BCUT2D eigenvalue weighted by Gasteiger charge is 2.11.